The van der Waals surface area contributed by atoms with Crippen LogP contribution < -0.4 is 0 Å². The lowest BCUT2D eigenvalue weighted by atomic mass is 10.1. The fourth-order valence-corrected chi connectivity index (χ4v) is 0.755. The molecule has 0 saturated heterocycles. The molecule has 1 N–H and O–H groups in total. The van der Waals surface area contributed by atoms with Crippen molar-refractivity contribution < 1.29 is 5.11 Å². The molecule has 3 heteroatoms. The Bertz CT molecular complexity index is 256. The van der Waals surface area contributed by atoms with Crippen molar-refractivity contribution >= 4 is 0 Å². The first-order valence-corrected chi connectivity index (χ1v) is 3.32. The molecule has 0 fully saturated rings. The number of rotatable bonds is 2. The molecule has 0 unspecified atom stereocenters. The molecule has 0 aromatic carbocycles. The maximum Gasteiger partial charge on any atom is 0.141 e. The van der Waals surface area contributed by atoms with E-state index in [2.05, 4.69) is 11.0 Å². The summed E-state index contributed by atoms with van der Waals surface area (Å²) in [4.78, 5) is 0. The SMILES string of the molecule is C#C[C@@](C)(O)Cn1cccn1. The van der Waals surface area contributed by atoms with Crippen LogP contribution in [0.2, 0.25) is 0 Å². The second-order valence-corrected chi connectivity index (χ2v) is 2.62. The minimum atomic E-state index is -1.11. The van der Waals surface area contributed by atoms with E-state index in [0.717, 1.165) is 0 Å². The molecular formula is C8H10N2O. The van der Waals surface area contributed by atoms with Gasteiger partial charge in [-0.2, -0.15) is 5.10 Å². The van der Waals surface area contributed by atoms with Crippen molar-refractivity contribution in [3.8, 4) is 12.3 Å². The minimum Gasteiger partial charge on any atom is -0.376 e. The van der Waals surface area contributed by atoms with Crippen LogP contribution in [-0.2, 0) is 6.54 Å². The average molecular weight is 150 g/mol. The molecule has 58 valence electrons. The van der Waals surface area contributed by atoms with Crippen molar-refractivity contribution in [3.63, 3.8) is 0 Å². The molecule has 0 amide bonds. The first kappa shape index (κ1) is 7.83. The van der Waals surface area contributed by atoms with Gasteiger partial charge >= 0.3 is 0 Å². The van der Waals surface area contributed by atoms with E-state index >= 15 is 0 Å². The Morgan fingerprint density at radius 3 is 3.00 bits per heavy atom. The van der Waals surface area contributed by atoms with Gasteiger partial charge in [-0.1, -0.05) is 5.92 Å². The molecule has 0 bridgehead atoms. The first-order valence-electron chi connectivity index (χ1n) is 3.32. The van der Waals surface area contributed by atoms with E-state index in [9.17, 15) is 5.11 Å². The van der Waals surface area contributed by atoms with Crippen molar-refractivity contribution in [2.24, 2.45) is 0 Å². The fourth-order valence-electron chi connectivity index (χ4n) is 0.755. The van der Waals surface area contributed by atoms with Crippen molar-refractivity contribution in [3.05, 3.63) is 18.5 Å². The normalized spacial score (nSPS) is 15.4. The fraction of sp³-hybridized carbons (Fsp3) is 0.375. The number of hydrogen-bond donors (Lipinski definition) is 1. The zero-order valence-corrected chi connectivity index (χ0v) is 6.36. The highest BCUT2D eigenvalue weighted by atomic mass is 16.3. The van der Waals surface area contributed by atoms with Gasteiger partial charge in [0.2, 0.25) is 0 Å². The predicted octanol–water partition coefficient (Wildman–Crippen LogP) is 0.267. The van der Waals surface area contributed by atoms with Crippen molar-refractivity contribution in [2.45, 2.75) is 19.1 Å². The minimum absolute atomic E-state index is 0.330. The summed E-state index contributed by atoms with van der Waals surface area (Å²) in [6.45, 7) is 1.91. The summed E-state index contributed by atoms with van der Waals surface area (Å²) in [6, 6.07) is 1.78. The van der Waals surface area contributed by atoms with Crippen LogP contribution in [0.4, 0.5) is 0 Å². The molecule has 1 atom stereocenters. The molecule has 1 aromatic rings. The maximum atomic E-state index is 9.40. The van der Waals surface area contributed by atoms with Crippen LogP contribution in [0.25, 0.3) is 0 Å². The summed E-state index contributed by atoms with van der Waals surface area (Å²) >= 11 is 0. The Labute approximate surface area is 65.7 Å². The third-order valence-electron chi connectivity index (χ3n) is 1.34. The molecule has 0 aliphatic carbocycles. The van der Waals surface area contributed by atoms with E-state index in [1.165, 1.54) is 0 Å². The van der Waals surface area contributed by atoms with Crippen LogP contribution in [0.15, 0.2) is 18.5 Å². The Morgan fingerprint density at radius 1 is 1.82 bits per heavy atom. The van der Waals surface area contributed by atoms with Crippen molar-refractivity contribution in [2.75, 3.05) is 0 Å². The Hall–Kier alpha value is -1.27. The molecule has 0 spiro atoms. The van der Waals surface area contributed by atoms with Crippen LogP contribution in [0.1, 0.15) is 6.92 Å². The standard InChI is InChI=1S/C8H10N2O/c1-3-8(2,11)7-10-6-4-5-9-10/h1,4-6,11H,7H2,2H3/t8-/m1/s1. The summed E-state index contributed by atoms with van der Waals surface area (Å²) in [6.07, 6.45) is 8.48. The molecule has 0 radical (unpaired) electrons. The van der Waals surface area contributed by atoms with Gasteiger partial charge in [-0.3, -0.25) is 4.68 Å². The lowest BCUT2D eigenvalue weighted by Crippen LogP contribution is -2.28. The van der Waals surface area contributed by atoms with Gasteiger partial charge in [0.05, 0.1) is 6.54 Å². The van der Waals surface area contributed by atoms with Gasteiger partial charge in [-0.15, -0.1) is 6.42 Å². The lowest BCUT2D eigenvalue weighted by Gasteiger charge is -2.15. The van der Waals surface area contributed by atoms with Crippen LogP contribution in [0.3, 0.4) is 0 Å². The maximum absolute atomic E-state index is 9.40. The van der Waals surface area contributed by atoms with Crippen LogP contribution in [0.5, 0.6) is 0 Å². The number of aliphatic hydroxyl groups is 1. The Morgan fingerprint density at radius 2 is 2.55 bits per heavy atom. The third kappa shape index (κ3) is 2.10. The third-order valence-corrected chi connectivity index (χ3v) is 1.34. The lowest BCUT2D eigenvalue weighted by molar-refractivity contribution is 0.0979. The van der Waals surface area contributed by atoms with Gasteiger partial charge in [0, 0.05) is 12.4 Å². The van der Waals surface area contributed by atoms with E-state index < -0.39 is 5.60 Å². The average Bonchev–Trinajstić information content (AvgIpc) is 2.39. The van der Waals surface area contributed by atoms with Gasteiger partial charge in [0.15, 0.2) is 0 Å². The molecule has 1 aromatic heterocycles. The summed E-state index contributed by atoms with van der Waals surface area (Å²) in [5.74, 6) is 2.27. The van der Waals surface area contributed by atoms with E-state index in [1.54, 1.807) is 30.1 Å². The predicted molar refractivity (Wildman–Crippen MR) is 41.7 cm³/mol. The monoisotopic (exact) mass is 150 g/mol. The highest BCUT2D eigenvalue weighted by Crippen LogP contribution is 2.03. The van der Waals surface area contributed by atoms with Crippen LogP contribution in [0, 0.1) is 12.3 Å². The van der Waals surface area contributed by atoms with Gasteiger partial charge < -0.3 is 5.11 Å². The molecule has 1 rings (SSSR count). The van der Waals surface area contributed by atoms with Gasteiger partial charge in [-0.25, -0.2) is 0 Å². The smallest absolute Gasteiger partial charge is 0.141 e. The quantitative estimate of drug-likeness (QED) is 0.614. The van der Waals surface area contributed by atoms with E-state index in [0.29, 0.717) is 6.54 Å². The van der Waals surface area contributed by atoms with Crippen molar-refractivity contribution in [1.82, 2.24) is 9.78 Å². The molecule has 11 heavy (non-hydrogen) atoms. The Balaban J connectivity index is 2.65. The first-order chi connectivity index (χ1) is 5.14. The van der Waals surface area contributed by atoms with E-state index in [1.807, 2.05) is 0 Å². The molecular weight excluding hydrogens is 140 g/mol. The molecule has 1 heterocycles. The number of hydrogen-bond acceptors (Lipinski definition) is 2. The highest BCUT2D eigenvalue weighted by molar-refractivity contribution is 5.04. The summed E-state index contributed by atoms with van der Waals surface area (Å²) in [5, 5.41) is 13.3. The molecule has 3 nitrogen and oxygen atoms in total. The zero-order chi connectivity index (χ0) is 8.32. The van der Waals surface area contributed by atoms with Crippen molar-refractivity contribution in [1.29, 1.82) is 0 Å². The summed E-state index contributed by atoms with van der Waals surface area (Å²) < 4.78 is 1.60. The van der Waals surface area contributed by atoms with E-state index in [4.69, 9.17) is 6.42 Å². The Kier molecular flexibility index (Phi) is 1.97. The summed E-state index contributed by atoms with van der Waals surface area (Å²) in [5.41, 5.74) is -1.11. The highest BCUT2D eigenvalue weighted by Gasteiger charge is 2.16. The second kappa shape index (κ2) is 2.77. The molecule has 0 saturated carbocycles. The van der Waals surface area contributed by atoms with Crippen LogP contribution >= 0.6 is 0 Å². The number of nitrogens with zero attached hydrogens (tertiary/aromatic N) is 2. The van der Waals surface area contributed by atoms with Gasteiger partial charge in [0.1, 0.15) is 5.60 Å². The number of terminal acetylenes is 1. The van der Waals surface area contributed by atoms with Gasteiger partial charge in [0.25, 0.3) is 0 Å². The van der Waals surface area contributed by atoms with Crippen LogP contribution in [-0.4, -0.2) is 20.5 Å². The molecule has 0 aliphatic rings. The molecule has 0 aliphatic heterocycles. The van der Waals surface area contributed by atoms with Gasteiger partial charge in [-0.05, 0) is 13.0 Å². The number of aromatic nitrogens is 2. The van der Waals surface area contributed by atoms with E-state index in [-0.39, 0.29) is 0 Å². The zero-order valence-electron chi connectivity index (χ0n) is 6.36. The second-order valence-electron chi connectivity index (χ2n) is 2.62. The summed E-state index contributed by atoms with van der Waals surface area (Å²) in [7, 11) is 0. The largest absolute Gasteiger partial charge is 0.376 e. The topological polar surface area (TPSA) is 38.0 Å².